The molecule has 7 nitrogen and oxygen atoms in total. The summed E-state index contributed by atoms with van der Waals surface area (Å²) in [6.07, 6.45) is 1.32. The molecule has 26 heavy (non-hydrogen) atoms. The molecule has 1 fully saturated rings. The summed E-state index contributed by atoms with van der Waals surface area (Å²) in [6, 6.07) is 7.09. The fourth-order valence-corrected chi connectivity index (χ4v) is 3.03. The Balaban J connectivity index is 1.57. The summed E-state index contributed by atoms with van der Waals surface area (Å²) in [7, 11) is 0. The molecule has 2 amide bonds. The Labute approximate surface area is 156 Å². The van der Waals surface area contributed by atoms with Gasteiger partial charge in [-0.3, -0.25) is 9.78 Å². The number of ether oxygens (including phenoxy) is 2. The zero-order valence-corrected chi connectivity index (χ0v) is 15.2. The van der Waals surface area contributed by atoms with Crippen LogP contribution in [0.4, 0.5) is 4.79 Å². The highest BCUT2D eigenvalue weighted by atomic mass is 35.5. The molecular weight excluding hydrogens is 358 g/mol. The fourth-order valence-electron chi connectivity index (χ4n) is 2.81. The highest BCUT2D eigenvalue weighted by Crippen LogP contribution is 2.29. The summed E-state index contributed by atoms with van der Waals surface area (Å²) in [5.74, 6) is 0.385. The summed E-state index contributed by atoms with van der Waals surface area (Å²) >= 11 is 6.16. The van der Waals surface area contributed by atoms with Crippen molar-refractivity contribution in [2.24, 2.45) is 0 Å². The van der Waals surface area contributed by atoms with E-state index in [-0.39, 0.29) is 18.6 Å². The minimum absolute atomic E-state index is 0.0906. The lowest BCUT2D eigenvalue weighted by Gasteiger charge is -2.33. The van der Waals surface area contributed by atoms with Gasteiger partial charge in [-0.1, -0.05) is 11.6 Å². The molecule has 1 saturated heterocycles. The molecule has 0 atom stereocenters. The van der Waals surface area contributed by atoms with E-state index in [9.17, 15) is 9.59 Å². The molecule has 1 aliphatic rings. The van der Waals surface area contributed by atoms with Crippen LogP contribution in [-0.4, -0.2) is 66.2 Å². The van der Waals surface area contributed by atoms with Gasteiger partial charge in [0.15, 0.2) is 6.61 Å². The average molecular weight is 378 g/mol. The molecule has 1 aromatic heterocycles. The number of hydrogen-bond acceptors (Lipinski definition) is 5. The molecule has 0 spiro atoms. The van der Waals surface area contributed by atoms with Gasteiger partial charge < -0.3 is 19.3 Å². The normalized spacial score (nSPS) is 14.4. The van der Waals surface area contributed by atoms with Gasteiger partial charge in [0.05, 0.1) is 11.6 Å². The topological polar surface area (TPSA) is 72.0 Å². The number of piperazine rings is 1. The molecule has 0 N–H and O–H groups in total. The van der Waals surface area contributed by atoms with Crippen LogP contribution < -0.4 is 4.74 Å². The van der Waals surface area contributed by atoms with E-state index in [2.05, 4.69) is 4.98 Å². The summed E-state index contributed by atoms with van der Waals surface area (Å²) in [6.45, 7) is 3.85. The van der Waals surface area contributed by atoms with E-state index in [1.807, 2.05) is 6.07 Å². The van der Waals surface area contributed by atoms with Gasteiger partial charge in [0.25, 0.3) is 5.91 Å². The van der Waals surface area contributed by atoms with Gasteiger partial charge in [-0.25, -0.2) is 4.79 Å². The van der Waals surface area contributed by atoms with Crippen LogP contribution in [0.3, 0.4) is 0 Å². The van der Waals surface area contributed by atoms with Crippen LogP contribution in [0.1, 0.15) is 6.92 Å². The van der Waals surface area contributed by atoms with Gasteiger partial charge in [0, 0.05) is 37.8 Å². The minimum atomic E-state index is -0.338. The van der Waals surface area contributed by atoms with Gasteiger partial charge in [0.1, 0.15) is 11.3 Å². The first-order valence-electron chi connectivity index (χ1n) is 8.45. The SMILES string of the molecule is CCOC(=O)N1CCN(C(=O)COc2ccc(Cl)c3cccnc23)CC1. The zero-order chi connectivity index (χ0) is 18.5. The second-order valence-corrected chi connectivity index (χ2v) is 6.21. The van der Waals surface area contributed by atoms with Crippen molar-refractivity contribution in [2.75, 3.05) is 39.4 Å². The maximum absolute atomic E-state index is 12.4. The van der Waals surface area contributed by atoms with Gasteiger partial charge in [-0.15, -0.1) is 0 Å². The van der Waals surface area contributed by atoms with Gasteiger partial charge in [-0.2, -0.15) is 0 Å². The first-order chi connectivity index (χ1) is 12.6. The number of amides is 2. The van der Waals surface area contributed by atoms with Crippen molar-refractivity contribution in [1.82, 2.24) is 14.8 Å². The van der Waals surface area contributed by atoms with E-state index in [1.165, 1.54) is 0 Å². The predicted molar refractivity (Wildman–Crippen MR) is 97.4 cm³/mol. The predicted octanol–water partition coefficient (Wildman–Crippen LogP) is 2.57. The molecule has 1 aromatic carbocycles. The van der Waals surface area contributed by atoms with Gasteiger partial charge in [-0.05, 0) is 31.2 Å². The summed E-state index contributed by atoms with van der Waals surface area (Å²) < 4.78 is 10.7. The van der Waals surface area contributed by atoms with E-state index in [0.717, 1.165) is 5.39 Å². The largest absolute Gasteiger partial charge is 0.481 e. The van der Waals surface area contributed by atoms with Crippen LogP contribution >= 0.6 is 11.6 Å². The van der Waals surface area contributed by atoms with Crippen LogP contribution in [0.2, 0.25) is 5.02 Å². The number of benzene rings is 1. The Hall–Kier alpha value is -2.54. The summed E-state index contributed by atoms with van der Waals surface area (Å²) in [5.41, 5.74) is 0.625. The molecule has 0 bridgehead atoms. The number of carbonyl (C=O) groups is 2. The first kappa shape index (κ1) is 18.3. The number of fused-ring (bicyclic) bond motifs is 1. The molecule has 138 valence electrons. The van der Waals surface area contributed by atoms with Crippen LogP contribution in [0.15, 0.2) is 30.5 Å². The summed E-state index contributed by atoms with van der Waals surface area (Å²) in [4.78, 5) is 31.7. The van der Waals surface area contributed by atoms with Gasteiger partial charge in [0.2, 0.25) is 0 Å². The maximum atomic E-state index is 12.4. The zero-order valence-electron chi connectivity index (χ0n) is 14.5. The van der Waals surface area contributed by atoms with Crippen LogP contribution in [0.5, 0.6) is 5.75 Å². The third-order valence-electron chi connectivity index (χ3n) is 4.19. The minimum Gasteiger partial charge on any atom is -0.481 e. The van der Waals surface area contributed by atoms with Crippen molar-refractivity contribution >= 4 is 34.5 Å². The molecule has 0 saturated carbocycles. The lowest BCUT2D eigenvalue weighted by molar-refractivity contribution is -0.134. The molecule has 1 aliphatic heterocycles. The lowest BCUT2D eigenvalue weighted by atomic mass is 10.2. The molecule has 3 rings (SSSR count). The average Bonchev–Trinajstić information content (AvgIpc) is 2.68. The second-order valence-electron chi connectivity index (χ2n) is 5.80. The van der Waals surface area contributed by atoms with E-state index in [0.29, 0.717) is 49.1 Å². The quantitative estimate of drug-likeness (QED) is 0.818. The number of nitrogens with zero attached hydrogens (tertiary/aromatic N) is 3. The number of aromatic nitrogens is 1. The number of hydrogen-bond donors (Lipinski definition) is 0. The maximum Gasteiger partial charge on any atom is 0.409 e. The molecule has 0 unspecified atom stereocenters. The van der Waals surface area contributed by atoms with Crippen molar-refractivity contribution in [1.29, 1.82) is 0 Å². The van der Waals surface area contributed by atoms with Crippen LogP contribution in [0, 0.1) is 0 Å². The fraction of sp³-hybridized carbons (Fsp3) is 0.389. The smallest absolute Gasteiger partial charge is 0.409 e. The Morgan fingerprint density at radius 3 is 2.62 bits per heavy atom. The van der Waals surface area contributed by atoms with Crippen molar-refractivity contribution in [3.63, 3.8) is 0 Å². The Bertz CT molecular complexity index is 806. The first-order valence-corrected chi connectivity index (χ1v) is 8.83. The highest BCUT2D eigenvalue weighted by Gasteiger charge is 2.25. The molecule has 0 aliphatic carbocycles. The van der Waals surface area contributed by atoms with Crippen molar-refractivity contribution in [3.05, 3.63) is 35.5 Å². The molecule has 0 radical (unpaired) electrons. The number of rotatable bonds is 4. The van der Waals surface area contributed by atoms with E-state index in [1.54, 1.807) is 41.1 Å². The lowest BCUT2D eigenvalue weighted by Crippen LogP contribution is -2.51. The van der Waals surface area contributed by atoms with Crippen LogP contribution in [-0.2, 0) is 9.53 Å². The molecule has 2 heterocycles. The van der Waals surface area contributed by atoms with E-state index in [4.69, 9.17) is 21.1 Å². The number of pyridine rings is 1. The molecule has 8 heteroatoms. The molecule has 2 aromatic rings. The van der Waals surface area contributed by atoms with Crippen molar-refractivity contribution in [2.45, 2.75) is 6.92 Å². The van der Waals surface area contributed by atoms with Gasteiger partial charge >= 0.3 is 6.09 Å². The Morgan fingerprint density at radius 2 is 1.88 bits per heavy atom. The van der Waals surface area contributed by atoms with Crippen LogP contribution in [0.25, 0.3) is 10.9 Å². The number of halogens is 1. The van der Waals surface area contributed by atoms with Crippen molar-refractivity contribution < 1.29 is 19.1 Å². The monoisotopic (exact) mass is 377 g/mol. The van der Waals surface area contributed by atoms with E-state index < -0.39 is 0 Å². The molecular formula is C18H20ClN3O4. The summed E-state index contributed by atoms with van der Waals surface area (Å²) in [5, 5.41) is 1.36. The Morgan fingerprint density at radius 1 is 1.15 bits per heavy atom. The third kappa shape index (κ3) is 3.99. The van der Waals surface area contributed by atoms with Crippen molar-refractivity contribution in [3.8, 4) is 5.75 Å². The standard InChI is InChI=1S/C18H20ClN3O4/c1-2-25-18(24)22-10-8-21(9-11-22)16(23)12-26-15-6-5-14(19)13-4-3-7-20-17(13)15/h3-7H,2,8-12H2,1H3. The van der Waals surface area contributed by atoms with E-state index >= 15 is 0 Å². The Kier molecular flexibility index (Phi) is 5.78. The highest BCUT2D eigenvalue weighted by molar-refractivity contribution is 6.35. The number of carbonyl (C=O) groups excluding carboxylic acids is 2. The third-order valence-corrected chi connectivity index (χ3v) is 4.52. The second kappa shape index (κ2) is 8.23.